The van der Waals surface area contributed by atoms with Crippen LogP contribution in [0.2, 0.25) is 0 Å². The van der Waals surface area contributed by atoms with Crippen LogP contribution in [0.3, 0.4) is 0 Å². The van der Waals surface area contributed by atoms with Gasteiger partial charge in [0.05, 0.1) is 6.33 Å². The van der Waals surface area contributed by atoms with Crippen LogP contribution in [0, 0.1) is 0 Å². The fourth-order valence-electron chi connectivity index (χ4n) is 2.83. The molecule has 1 saturated heterocycles. The van der Waals surface area contributed by atoms with Crippen molar-refractivity contribution in [3.63, 3.8) is 0 Å². The van der Waals surface area contributed by atoms with Crippen molar-refractivity contribution < 1.29 is 14.4 Å². The summed E-state index contributed by atoms with van der Waals surface area (Å²) >= 11 is 0. The van der Waals surface area contributed by atoms with Crippen LogP contribution in [-0.4, -0.2) is 37.9 Å². The molecule has 136 valence electrons. The molecule has 1 aromatic carbocycles. The summed E-state index contributed by atoms with van der Waals surface area (Å²) in [6, 6.07) is 8.49. The molecule has 1 aliphatic rings. The van der Waals surface area contributed by atoms with E-state index < -0.39 is 29.4 Å². The van der Waals surface area contributed by atoms with Crippen LogP contribution in [0.1, 0.15) is 31.9 Å². The molecule has 0 radical (unpaired) electrons. The molecule has 2 heterocycles. The topological polar surface area (TPSA) is 96.3 Å². The summed E-state index contributed by atoms with van der Waals surface area (Å²) < 4.78 is 1.59. The van der Waals surface area contributed by atoms with Gasteiger partial charge in [0, 0.05) is 12.4 Å². The number of benzene rings is 1. The second-order valence-electron chi connectivity index (χ2n) is 6.55. The van der Waals surface area contributed by atoms with Crippen molar-refractivity contribution in [3.05, 3.63) is 54.6 Å². The summed E-state index contributed by atoms with van der Waals surface area (Å²) in [4.78, 5) is 41.2. The predicted molar refractivity (Wildman–Crippen MR) is 93.6 cm³/mol. The second kappa shape index (κ2) is 6.99. The molecular formula is C18H21N5O3. The van der Waals surface area contributed by atoms with E-state index in [4.69, 9.17) is 0 Å². The number of nitrogens with one attached hydrogen (secondary N) is 2. The number of hydrogen-bond donors (Lipinski definition) is 2. The third-order valence-electron chi connectivity index (χ3n) is 4.59. The third-order valence-corrected chi connectivity index (χ3v) is 4.59. The molecule has 26 heavy (non-hydrogen) atoms. The zero-order valence-corrected chi connectivity index (χ0v) is 14.7. The number of carbonyl (C=O) groups is 3. The van der Waals surface area contributed by atoms with Gasteiger partial charge in [-0.15, -0.1) is 0 Å². The first-order valence-corrected chi connectivity index (χ1v) is 8.39. The first kappa shape index (κ1) is 17.7. The SMILES string of the molecule is C[C@H](C(=O)NN1C(=O)N[C@@](C)(CCc2ccccc2)C1=O)n1ccnc1. The molecule has 2 aromatic rings. The van der Waals surface area contributed by atoms with E-state index in [0.29, 0.717) is 12.8 Å². The first-order valence-electron chi connectivity index (χ1n) is 8.39. The fraction of sp³-hybridized carbons (Fsp3) is 0.333. The minimum atomic E-state index is -1.06. The molecule has 8 heteroatoms. The maximum absolute atomic E-state index is 12.7. The summed E-state index contributed by atoms with van der Waals surface area (Å²) in [6.45, 7) is 3.33. The summed E-state index contributed by atoms with van der Waals surface area (Å²) in [6.07, 6.45) is 5.76. The van der Waals surface area contributed by atoms with E-state index in [9.17, 15) is 14.4 Å². The number of carbonyl (C=O) groups excluding carboxylic acids is 3. The van der Waals surface area contributed by atoms with Crippen molar-refractivity contribution in [2.45, 2.75) is 38.3 Å². The van der Waals surface area contributed by atoms with E-state index in [1.165, 1.54) is 6.33 Å². The summed E-state index contributed by atoms with van der Waals surface area (Å²) in [5, 5.41) is 3.45. The van der Waals surface area contributed by atoms with Crippen LogP contribution < -0.4 is 10.7 Å². The minimum absolute atomic E-state index is 0.436. The molecule has 0 unspecified atom stereocenters. The lowest BCUT2D eigenvalue weighted by Crippen LogP contribution is -2.50. The number of urea groups is 1. The molecule has 3 rings (SSSR count). The molecule has 1 aliphatic heterocycles. The maximum Gasteiger partial charge on any atom is 0.344 e. The van der Waals surface area contributed by atoms with Gasteiger partial charge in [0.15, 0.2) is 0 Å². The smallest absolute Gasteiger partial charge is 0.325 e. The fourth-order valence-corrected chi connectivity index (χ4v) is 2.83. The normalized spacial score (nSPS) is 20.8. The number of imidazole rings is 1. The van der Waals surface area contributed by atoms with E-state index in [0.717, 1.165) is 10.6 Å². The Morgan fingerprint density at radius 2 is 2.04 bits per heavy atom. The number of aryl methyl sites for hydroxylation is 1. The van der Waals surface area contributed by atoms with Gasteiger partial charge in [-0.3, -0.25) is 15.0 Å². The zero-order chi connectivity index (χ0) is 18.7. The van der Waals surface area contributed by atoms with Crippen molar-refractivity contribution in [2.24, 2.45) is 0 Å². The zero-order valence-electron chi connectivity index (χ0n) is 14.7. The molecular weight excluding hydrogens is 334 g/mol. The highest BCUT2D eigenvalue weighted by atomic mass is 16.2. The van der Waals surface area contributed by atoms with E-state index >= 15 is 0 Å². The van der Waals surface area contributed by atoms with Gasteiger partial charge in [0.2, 0.25) is 0 Å². The lowest BCUT2D eigenvalue weighted by Gasteiger charge is -2.22. The van der Waals surface area contributed by atoms with Gasteiger partial charge in [-0.25, -0.2) is 9.78 Å². The van der Waals surface area contributed by atoms with Gasteiger partial charge in [0.25, 0.3) is 11.8 Å². The lowest BCUT2D eigenvalue weighted by molar-refractivity contribution is -0.140. The Bertz CT molecular complexity index is 805. The van der Waals surface area contributed by atoms with E-state index in [1.807, 2.05) is 30.3 Å². The van der Waals surface area contributed by atoms with Gasteiger partial charge in [-0.05, 0) is 32.3 Å². The van der Waals surface area contributed by atoms with Gasteiger partial charge < -0.3 is 9.88 Å². The van der Waals surface area contributed by atoms with Crippen molar-refractivity contribution in [3.8, 4) is 0 Å². The highest BCUT2D eigenvalue weighted by molar-refractivity contribution is 6.07. The van der Waals surface area contributed by atoms with Crippen LogP contribution in [0.5, 0.6) is 0 Å². The van der Waals surface area contributed by atoms with Gasteiger partial charge in [-0.2, -0.15) is 5.01 Å². The molecule has 2 atom stereocenters. The van der Waals surface area contributed by atoms with Crippen molar-refractivity contribution >= 4 is 17.8 Å². The molecule has 4 amide bonds. The average Bonchev–Trinajstić information content (AvgIpc) is 3.24. The summed E-state index contributed by atoms with van der Waals surface area (Å²) in [7, 11) is 0. The highest BCUT2D eigenvalue weighted by Crippen LogP contribution is 2.22. The summed E-state index contributed by atoms with van der Waals surface area (Å²) in [5.41, 5.74) is 2.42. The van der Waals surface area contributed by atoms with Crippen LogP contribution in [0.4, 0.5) is 4.79 Å². The standard InChI is InChI=1S/C18H21N5O3/c1-13(22-11-10-19-12-22)15(24)21-23-16(25)18(2,20-17(23)26)9-8-14-6-4-3-5-7-14/h3-7,10-13H,8-9H2,1-2H3,(H,20,26)(H,21,24)/t13-,18+/m1/s1. The van der Waals surface area contributed by atoms with Crippen LogP contribution >= 0.6 is 0 Å². The average molecular weight is 355 g/mol. The van der Waals surface area contributed by atoms with Gasteiger partial charge in [0.1, 0.15) is 11.6 Å². The number of rotatable bonds is 6. The Hall–Kier alpha value is -3.16. The lowest BCUT2D eigenvalue weighted by atomic mass is 9.93. The van der Waals surface area contributed by atoms with Crippen LogP contribution in [0.15, 0.2) is 49.1 Å². The number of hydrogen-bond acceptors (Lipinski definition) is 4. The van der Waals surface area contributed by atoms with E-state index in [1.54, 1.807) is 30.8 Å². The molecule has 0 aliphatic carbocycles. The molecule has 8 nitrogen and oxygen atoms in total. The Morgan fingerprint density at radius 3 is 2.69 bits per heavy atom. The Balaban J connectivity index is 1.65. The largest absolute Gasteiger partial charge is 0.344 e. The van der Waals surface area contributed by atoms with Crippen LogP contribution in [0.25, 0.3) is 0 Å². The monoisotopic (exact) mass is 355 g/mol. The van der Waals surface area contributed by atoms with Crippen molar-refractivity contribution in [2.75, 3.05) is 0 Å². The first-order chi connectivity index (χ1) is 12.4. The predicted octanol–water partition coefficient (Wildman–Crippen LogP) is 1.42. The number of aromatic nitrogens is 2. The van der Waals surface area contributed by atoms with Gasteiger partial charge >= 0.3 is 6.03 Å². The molecule has 0 saturated carbocycles. The molecule has 1 aromatic heterocycles. The molecule has 1 fully saturated rings. The van der Waals surface area contributed by atoms with E-state index in [2.05, 4.69) is 15.7 Å². The Labute approximate surface area is 151 Å². The summed E-state index contributed by atoms with van der Waals surface area (Å²) in [5.74, 6) is -0.941. The van der Waals surface area contributed by atoms with Crippen molar-refractivity contribution in [1.29, 1.82) is 0 Å². The van der Waals surface area contributed by atoms with Crippen LogP contribution in [-0.2, 0) is 16.0 Å². The van der Waals surface area contributed by atoms with Crippen molar-refractivity contribution in [1.82, 2.24) is 25.3 Å². The highest BCUT2D eigenvalue weighted by Gasteiger charge is 2.48. The molecule has 0 bridgehead atoms. The Kier molecular flexibility index (Phi) is 4.75. The molecule has 0 spiro atoms. The van der Waals surface area contributed by atoms with E-state index in [-0.39, 0.29) is 0 Å². The Morgan fingerprint density at radius 1 is 1.31 bits per heavy atom. The third kappa shape index (κ3) is 3.44. The number of amides is 4. The quantitative estimate of drug-likeness (QED) is 0.766. The number of imide groups is 1. The number of hydrazine groups is 1. The maximum atomic E-state index is 12.7. The molecule has 2 N–H and O–H groups in total. The minimum Gasteiger partial charge on any atom is -0.325 e. The number of nitrogens with zero attached hydrogens (tertiary/aromatic N) is 3. The van der Waals surface area contributed by atoms with Gasteiger partial charge in [-0.1, -0.05) is 30.3 Å². The second-order valence-corrected chi connectivity index (χ2v) is 6.55.